The molecular formula is C20H15BrClFN4O2S. The van der Waals surface area contributed by atoms with Gasteiger partial charge in [0.25, 0.3) is 0 Å². The summed E-state index contributed by atoms with van der Waals surface area (Å²) < 4.78 is 19.2. The highest BCUT2D eigenvalue weighted by Gasteiger charge is 2.23. The Balaban J connectivity index is 1.90. The fraction of sp³-hybridized carbons (Fsp3) is 0.150. The molecule has 0 radical (unpaired) electrons. The third kappa shape index (κ3) is 3.73. The molecule has 0 aliphatic heterocycles. The summed E-state index contributed by atoms with van der Waals surface area (Å²) >= 11 is 10.9. The van der Waals surface area contributed by atoms with Crippen molar-refractivity contribution in [3.05, 3.63) is 63.9 Å². The number of aromatic carboxylic acids is 1. The molecule has 0 unspecified atom stereocenters. The van der Waals surface area contributed by atoms with E-state index in [2.05, 4.69) is 32.9 Å². The average Bonchev–Trinajstić information content (AvgIpc) is 3.28. The number of carboxylic acid groups (broad SMARTS) is 1. The summed E-state index contributed by atoms with van der Waals surface area (Å²) in [6, 6.07) is 7.99. The van der Waals surface area contributed by atoms with E-state index in [1.807, 2.05) is 6.20 Å². The number of carbonyl (C=O) groups is 1. The van der Waals surface area contributed by atoms with E-state index in [0.29, 0.717) is 31.1 Å². The standard InChI is InChI=1S/C20H15BrClFN4O2S/c1-2-8-26-10-11(9-24-26)27-17-12(6-7-13(22)16(17)23)18(19(27)21)30-15-5-3-4-14(25-15)20(28)29/h3-7,9-10H,2,8H2,1H3,(H,28,29). The topological polar surface area (TPSA) is 72.9 Å². The number of fused-ring (bicyclic) bond motifs is 1. The Kier molecular flexibility index (Phi) is 5.86. The normalized spacial score (nSPS) is 11.3. The van der Waals surface area contributed by atoms with Crippen LogP contribution in [0.25, 0.3) is 16.6 Å². The van der Waals surface area contributed by atoms with Crippen molar-refractivity contribution >= 4 is 56.2 Å². The summed E-state index contributed by atoms with van der Waals surface area (Å²) in [5.41, 5.74) is 0.929. The first-order valence-electron chi connectivity index (χ1n) is 8.99. The largest absolute Gasteiger partial charge is 0.477 e. The Bertz CT molecular complexity index is 1270. The molecule has 154 valence electrons. The number of rotatable bonds is 6. The molecule has 0 atom stereocenters. The van der Waals surface area contributed by atoms with Crippen molar-refractivity contribution in [1.82, 2.24) is 19.3 Å². The van der Waals surface area contributed by atoms with Gasteiger partial charge in [-0.2, -0.15) is 5.10 Å². The first-order chi connectivity index (χ1) is 14.4. The second-order valence-corrected chi connectivity index (χ2v) is 8.63. The number of carboxylic acids is 1. The van der Waals surface area contributed by atoms with E-state index >= 15 is 4.39 Å². The summed E-state index contributed by atoms with van der Waals surface area (Å²) in [6.07, 6.45) is 4.42. The highest BCUT2D eigenvalue weighted by Crippen LogP contribution is 2.44. The number of benzene rings is 1. The zero-order chi connectivity index (χ0) is 21.4. The third-order valence-corrected chi connectivity index (χ3v) is 6.76. The maximum Gasteiger partial charge on any atom is 0.354 e. The van der Waals surface area contributed by atoms with Crippen molar-refractivity contribution in [2.24, 2.45) is 0 Å². The Morgan fingerprint density at radius 1 is 1.33 bits per heavy atom. The van der Waals surface area contributed by atoms with Crippen LogP contribution in [-0.4, -0.2) is 30.4 Å². The molecule has 0 bridgehead atoms. The van der Waals surface area contributed by atoms with Crippen molar-refractivity contribution < 1.29 is 14.3 Å². The van der Waals surface area contributed by atoms with E-state index in [4.69, 9.17) is 11.6 Å². The van der Waals surface area contributed by atoms with Crippen LogP contribution in [0.1, 0.15) is 23.8 Å². The molecule has 0 spiro atoms. The molecule has 3 aromatic heterocycles. The van der Waals surface area contributed by atoms with Gasteiger partial charge in [-0.3, -0.25) is 9.25 Å². The fourth-order valence-corrected chi connectivity index (χ4v) is 5.05. The SMILES string of the molecule is CCCn1cc(-n2c(Br)c(Sc3cccc(C(=O)O)n3)c3ccc(Cl)c(F)c32)cn1. The predicted molar refractivity (Wildman–Crippen MR) is 117 cm³/mol. The van der Waals surface area contributed by atoms with Crippen molar-refractivity contribution in [3.63, 3.8) is 0 Å². The lowest BCUT2D eigenvalue weighted by molar-refractivity contribution is 0.0689. The molecule has 6 nitrogen and oxygen atoms in total. The van der Waals surface area contributed by atoms with Crippen LogP contribution < -0.4 is 0 Å². The lowest BCUT2D eigenvalue weighted by Crippen LogP contribution is -2.00. The second-order valence-electron chi connectivity index (χ2n) is 6.44. The van der Waals surface area contributed by atoms with E-state index in [-0.39, 0.29) is 10.7 Å². The van der Waals surface area contributed by atoms with Crippen molar-refractivity contribution in [2.75, 3.05) is 0 Å². The number of halogens is 3. The number of nitrogens with zero attached hydrogens (tertiary/aromatic N) is 4. The summed E-state index contributed by atoms with van der Waals surface area (Å²) in [5.74, 6) is -1.66. The van der Waals surface area contributed by atoms with Crippen molar-refractivity contribution in [3.8, 4) is 5.69 Å². The predicted octanol–water partition coefficient (Wildman–Crippen LogP) is 6.04. The molecular weight excluding hydrogens is 495 g/mol. The van der Waals surface area contributed by atoms with Gasteiger partial charge in [-0.15, -0.1) is 0 Å². The van der Waals surface area contributed by atoms with Gasteiger partial charge in [-0.1, -0.05) is 36.4 Å². The monoisotopic (exact) mass is 508 g/mol. The zero-order valence-electron chi connectivity index (χ0n) is 15.6. The Labute approximate surface area is 188 Å². The van der Waals surface area contributed by atoms with Gasteiger partial charge in [0.1, 0.15) is 15.3 Å². The first-order valence-corrected chi connectivity index (χ1v) is 11.0. The molecule has 4 rings (SSSR count). The van der Waals surface area contributed by atoms with Gasteiger partial charge in [0.2, 0.25) is 0 Å². The number of hydrogen-bond acceptors (Lipinski definition) is 4. The quantitative estimate of drug-likeness (QED) is 0.343. The van der Waals surface area contributed by atoms with Gasteiger partial charge in [0, 0.05) is 18.1 Å². The first kappa shape index (κ1) is 20.9. The number of pyridine rings is 1. The summed E-state index contributed by atoms with van der Waals surface area (Å²) in [5, 5.41) is 14.7. The van der Waals surface area contributed by atoms with Gasteiger partial charge in [0.15, 0.2) is 5.82 Å². The van der Waals surface area contributed by atoms with E-state index in [0.717, 1.165) is 13.0 Å². The van der Waals surface area contributed by atoms with Crippen LogP contribution in [0.15, 0.2) is 57.3 Å². The molecule has 3 heterocycles. The van der Waals surface area contributed by atoms with E-state index in [9.17, 15) is 9.90 Å². The molecule has 1 aromatic carbocycles. The van der Waals surface area contributed by atoms with Crippen molar-refractivity contribution in [1.29, 1.82) is 0 Å². The average molecular weight is 510 g/mol. The highest BCUT2D eigenvalue weighted by molar-refractivity contribution is 9.10. The maximum atomic E-state index is 15.1. The minimum atomic E-state index is -1.11. The summed E-state index contributed by atoms with van der Waals surface area (Å²) in [6.45, 7) is 2.79. The number of aromatic nitrogens is 4. The molecule has 0 amide bonds. The summed E-state index contributed by atoms with van der Waals surface area (Å²) in [4.78, 5) is 16.1. The maximum absolute atomic E-state index is 15.1. The van der Waals surface area contributed by atoms with Gasteiger partial charge < -0.3 is 5.11 Å². The van der Waals surface area contributed by atoms with E-state index in [1.165, 1.54) is 23.9 Å². The van der Waals surface area contributed by atoms with Crippen LogP contribution in [0.5, 0.6) is 0 Å². The van der Waals surface area contributed by atoms with Gasteiger partial charge in [-0.05, 0) is 46.6 Å². The molecule has 0 saturated heterocycles. The van der Waals surface area contributed by atoms with Crippen LogP contribution in [0.3, 0.4) is 0 Å². The smallest absolute Gasteiger partial charge is 0.354 e. The number of aryl methyl sites for hydroxylation is 1. The van der Waals surface area contributed by atoms with Gasteiger partial charge in [-0.25, -0.2) is 14.2 Å². The molecule has 0 aliphatic carbocycles. The lowest BCUT2D eigenvalue weighted by atomic mass is 10.2. The minimum Gasteiger partial charge on any atom is -0.477 e. The fourth-order valence-electron chi connectivity index (χ4n) is 3.11. The van der Waals surface area contributed by atoms with Crippen molar-refractivity contribution in [2.45, 2.75) is 29.8 Å². The molecule has 0 saturated carbocycles. The van der Waals surface area contributed by atoms with Gasteiger partial charge in [0.05, 0.1) is 27.3 Å². The second kappa shape index (κ2) is 8.41. The molecule has 10 heteroatoms. The van der Waals surface area contributed by atoms with Gasteiger partial charge >= 0.3 is 5.97 Å². The van der Waals surface area contributed by atoms with Crippen LogP contribution >= 0.6 is 39.3 Å². The zero-order valence-corrected chi connectivity index (χ0v) is 18.8. The number of hydrogen-bond donors (Lipinski definition) is 1. The van der Waals surface area contributed by atoms with E-state index in [1.54, 1.807) is 33.6 Å². The van der Waals surface area contributed by atoms with Crippen LogP contribution in [0, 0.1) is 5.82 Å². The summed E-state index contributed by atoms with van der Waals surface area (Å²) in [7, 11) is 0. The van der Waals surface area contributed by atoms with Crippen LogP contribution in [-0.2, 0) is 6.54 Å². The highest BCUT2D eigenvalue weighted by atomic mass is 79.9. The molecule has 30 heavy (non-hydrogen) atoms. The van der Waals surface area contributed by atoms with E-state index < -0.39 is 11.8 Å². The molecule has 0 fully saturated rings. The molecule has 4 aromatic rings. The molecule has 1 N–H and O–H groups in total. The third-order valence-electron chi connectivity index (χ3n) is 4.40. The van der Waals surface area contributed by atoms with Crippen LogP contribution in [0.2, 0.25) is 5.02 Å². The Hall–Kier alpha value is -2.36. The lowest BCUT2D eigenvalue weighted by Gasteiger charge is -2.06. The molecule has 0 aliphatic rings. The Morgan fingerprint density at radius 3 is 2.87 bits per heavy atom. The van der Waals surface area contributed by atoms with Crippen LogP contribution in [0.4, 0.5) is 4.39 Å². The minimum absolute atomic E-state index is 0.0113. The Morgan fingerprint density at radius 2 is 2.13 bits per heavy atom.